The van der Waals surface area contributed by atoms with Crippen LogP contribution in [0.15, 0.2) is 48.7 Å². The summed E-state index contributed by atoms with van der Waals surface area (Å²) in [6, 6.07) is 8.26. The van der Waals surface area contributed by atoms with E-state index in [9.17, 15) is 32.3 Å². The maximum atomic E-state index is 14.6. The predicted octanol–water partition coefficient (Wildman–Crippen LogP) is 3.73. The van der Waals surface area contributed by atoms with E-state index in [2.05, 4.69) is 20.5 Å². The van der Waals surface area contributed by atoms with E-state index in [4.69, 9.17) is 22.1 Å². The third kappa shape index (κ3) is 4.40. The Bertz CT molecular complexity index is 1660. The molecule has 1 aliphatic heterocycles. The number of hydrogen-bond donors (Lipinski definition) is 4. The Morgan fingerprint density at radius 3 is 2.58 bits per heavy atom. The summed E-state index contributed by atoms with van der Waals surface area (Å²) in [5.74, 6) is -2.50. The first-order valence-electron chi connectivity index (χ1n) is 11.7. The van der Waals surface area contributed by atoms with Crippen LogP contribution in [0.2, 0.25) is 5.02 Å². The van der Waals surface area contributed by atoms with Gasteiger partial charge in [-0.2, -0.15) is 18.3 Å². The van der Waals surface area contributed by atoms with Gasteiger partial charge in [0.1, 0.15) is 29.3 Å². The molecule has 9 nitrogen and oxygen atoms in total. The van der Waals surface area contributed by atoms with Crippen molar-refractivity contribution >= 4 is 34.3 Å². The number of halogens is 5. The van der Waals surface area contributed by atoms with Crippen LogP contribution in [-0.4, -0.2) is 51.4 Å². The predicted molar refractivity (Wildman–Crippen MR) is 135 cm³/mol. The minimum Gasteiger partial charge on any atom is -0.489 e. The van der Waals surface area contributed by atoms with Crippen LogP contribution in [-0.2, 0) is 15.8 Å². The number of H-pyrrole nitrogens is 1. The van der Waals surface area contributed by atoms with Gasteiger partial charge in [-0.3, -0.25) is 14.7 Å². The number of benzene rings is 2. The lowest BCUT2D eigenvalue weighted by molar-refractivity contribution is -0.265. The molecule has 2 aromatic heterocycles. The highest BCUT2D eigenvalue weighted by Gasteiger charge is 2.57. The number of carbonyl (C=O) groups is 2. The summed E-state index contributed by atoms with van der Waals surface area (Å²) >= 11 is 6.03. The van der Waals surface area contributed by atoms with Gasteiger partial charge >= 0.3 is 6.18 Å². The zero-order valence-electron chi connectivity index (χ0n) is 20.6. The maximum Gasteiger partial charge on any atom is 0.424 e. The number of pyridine rings is 1. The van der Waals surface area contributed by atoms with Crippen LogP contribution < -0.4 is 15.8 Å². The molecule has 0 saturated carbocycles. The van der Waals surface area contributed by atoms with Crippen molar-refractivity contribution in [2.45, 2.75) is 24.1 Å². The molecule has 1 aliphatic rings. The van der Waals surface area contributed by atoms with Gasteiger partial charge in [-0.1, -0.05) is 11.6 Å². The lowest BCUT2D eigenvalue weighted by atomic mass is 9.81. The van der Waals surface area contributed by atoms with E-state index in [0.717, 1.165) is 18.2 Å². The van der Waals surface area contributed by atoms with Gasteiger partial charge in [-0.15, -0.1) is 0 Å². The Kier molecular flexibility index (Phi) is 6.46. The molecule has 4 aromatic rings. The number of alkyl halides is 3. The van der Waals surface area contributed by atoms with Gasteiger partial charge in [0.15, 0.2) is 0 Å². The molecule has 2 amide bonds. The lowest BCUT2D eigenvalue weighted by Gasteiger charge is -2.31. The van der Waals surface area contributed by atoms with E-state index in [1.807, 2.05) is 0 Å². The van der Waals surface area contributed by atoms with Crippen molar-refractivity contribution in [2.24, 2.45) is 5.73 Å². The Balaban J connectivity index is 1.62. The van der Waals surface area contributed by atoms with Crippen LogP contribution in [0.1, 0.15) is 28.5 Å². The fourth-order valence-corrected chi connectivity index (χ4v) is 4.66. The molecular weight excluding hydrogens is 558 g/mol. The summed E-state index contributed by atoms with van der Waals surface area (Å²) in [6.07, 6.45) is -4.05. The fraction of sp³-hybridized carbons (Fsp3) is 0.231. The highest BCUT2D eigenvalue weighted by molar-refractivity contribution is 6.32. The topological polar surface area (TPSA) is 143 Å². The van der Waals surface area contributed by atoms with Crippen LogP contribution >= 0.6 is 11.6 Å². The van der Waals surface area contributed by atoms with Crippen molar-refractivity contribution < 1.29 is 37.0 Å². The zero-order chi connectivity index (χ0) is 29.0. The largest absolute Gasteiger partial charge is 0.489 e. The molecule has 0 saturated heterocycles. The first-order valence-corrected chi connectivity index (χ1v) is 12.1. The highest BCUT2D eigenvalue weighted by atomic mass is 35.5. The minimum atomic E-state index is -5.36. The maximum absolute atomic E-state index is 14.6. The number of nitrogens with two attached hydrogens (primary N) is 1. The smallest absolute Gasteiger partial charge is 0.424 e. The average molecular weight is 578 g/mol. The molecule has 1 unspecified atom stereocenters. The third-order valence-electron chi connectivity index (χ3n) is 6.90. The van der Waals surface area contributed by atoms with E-state index >= 15 is 0 Å². The van der Waals surface area contributed by atoms with Gasteiger partial charge < -0.3 is 20.9 Å². The molecule has 40 heavy (non-hydrogen) atoms. The Labute approximate surface area is 228 Å². The Morgan fingerprint density at radius 1 is 1.23 bits per heavy atom. The van der Waals surface area contributed by atoms with Gasteiger partial charge in [0.2, 0.25) is 11.5 Å². The molecule has 2 atom stereocenters. The molecule has 14 heteroatoms. The standard InChI is InChI=1S/C26H20ClF4N5O4/c1-24(23(32)38)11-40-21-17(24)8-19(35-20(21)12-2-4-14(28)5-3-12)25(39,26(29,30)31)10-33-22(37)15-6-13(27)7-18-16(15)9-34-36-18/h2-9,39H,10-11H2,1H3,(H2,32,38)(H,33,37)(H,34,36)/t24-,25?/m0/s1. The second kappa shape index (κ2) is 9.45. The van der Waals surface area contributed by atoms with Crippen LogP contribution in [0.5, 0.6) is 5.75 Å². The number of ether oxygens (including phenoxy) is 1. The number of primary amides is 1. The van der Waals surface area contributed by atoms with Crippen LogP contribution in [0, 0.1) is 5.82 Å². The average Bonchev–Trinajstić information content (AvgIpc) is 3.51. The lowest BCUT2D eigenvalue weighted by Crippen LogP contribution is -2.51. The summed E-state index contributed by atoms with van der Waals surface area (Å²) in [5, 5.41) is 20.1. The number of aromatic nitrogens is 3. The van der Waals surface area contributed by atoms with Crippen molar-refractivity contribution in [3.8, 4) is 17.0 Å². The summed E-state index contributed by atoms with van der Waals surface area (Å²) in [4.78, 5) is 29.4. The highest BCUT2D eigenvalue weighted by Crippen LogP contribution is 2.47. The van der Waals surface area contributed by atoms with Crippen molar-refractivity contribution in [1.29, 1.82) is 0 Å². The minimum absolute atomic E-state index is 0.0357. The molecule has 5 N–H and O–H groups in total. The molecule has 3 heterocycles. The third-order valence-corrected chi connectivity index (χ3v) is 7.12. The van der Waals surface area contributed by atoms with E-state index < -0.39 is 47.1 Å². The van der Waals surface area contributed by atoms with E-state index in [-0.39, 0.29) is 39.8 Å². The molecule has 5 rings (SSSR count). The quantitative estimate of drug-likeness (QED) is 0.257. The monoisotopic (exact) mass is 577 g/mol. The van der Waals surface area contributed by atoms with Gasteiger partial charge in [-0.25, -0.2) is 9.37 Å². The molecule has 0 aliphatic carbocycles. The van der Waals surface area contributed by atoms with E-state index in [0.29, 0.717) is 10.9 Å². The number of aromatic amines is 1. The van der Waals surface area contributed by atoms with Gasteiger partial charge in [0.25, 0.3) is 5.91 Å². The van der Waals surface area contributed by atoms with Crippen LogP contribution in [0.4, 0.5) is 17.6 Å². The Morgan fingerprint density at radius 2 is 1.93 bits per heavy atom. The van der Waals surface area contributed by atoms with Gasteiger partial charge in [0.05, 0.1) is 29.5 Å². The number of nitrogens with zero attached hydrogens (tertiary/aromatic N) is 2. The number of nitrogens with one attached hydrogen (secondary N) is 2. The fourth-order valence-electron chi connectivity index (χ4n) is 4.45. The number of amides is 2. The molecule has 208 valence electrons. The first kappa shape index (κ1) is 27.3. The summed E-state index contributed by atoms with van der Waals surface area (Å²) in [5.41, 5.74) is -0.447. The van der Waals surface area contributed by atoms with E-state index in [1.165, 1.54) is 37.4 Å². The van der Waals surface area contributed by atoms with Gasteiger partial charge in [0, 0.05) is 21.5 Å². The molecule has 0 fully saturated rings. The summed E-state index contributed by atoms with van der Waals surface area (Å²) in [6.45, 7) is -0.277. The molecule has 0 bridgehead atoms. The van der Waals surface area contributed by atoms with Crippen LogP contribution in [0.25, 0.3) is 22.2 Å². The van der Waals surface area contributed by atoms with E-state index in [1.54, 1.807) is 0 Å². The molecule has 0 radical (unpaired) electrons. The molecule has 2 aromatic carbocycles. The number of rotatable bonds is 6. The molecular formula is C26H20ClF4N5O4. The first-order chi connectivity index (χ1) is 18.7. The number of fused-ring (bicyclic) bond motifs is 2. The number of carbonyl (C=O) groups excluding carboxylic acids is 2. The van der Waals surface area contributed by atoms with Crippen molar-refractivity contribution in [2.75, 3.05) is 13.2 Å². The van der Waals surface area contributed by atoms with Crippen molar-refractivity contribution in [3.63, 3.8) is 0 Å². The zero-order valence-corrected chi connectivity index (χ0v) is 21.3. The second-order valence-electron chi connectivity index (χ2n) is 9.55. The summed E-state index contributed by atoms with van der Waals surface area (Å²) in [7, 11) is 0. The van der Waals surface area contributed by atoms with Crippen molar-refractivity contribution in [3.05, 3.63) is 76.3 Å². The van der Waals surface area contributed by atoms with Crippen LogP contribution in [0.3, 0.4) is 0 Å². The summed E-state index contributed by atoms with van der Waals surface area (Å²) < 4.78 is 62.9. The van der Waals surface area contributed by atoms with Crippen molar-refractivity contribution in [1.82, 2.24) is 20.5 Å². The number of hydrogen-bond acceptors (Lipinski definition) is 6. The molecule has 0 spiro atoms. The Hall–Kier alpha value is -4.23. The number of aliphatic hydroxyl groups is 1. The van der Waals surface area contributed by atoms with Gasteiger partial charge in [-0.05, 0) is 49.4 Å². The SMILES string of the molecule is C[C@]1(C(N)=O)COc2c1cc(C(O)(CNC(=O)c1cc(Cl)cc3[nH]ncc13)C(F)(F)F)nc2-c1ccc(F)cc1. The normalized spacial score (nSPS) is 18.2. The second-order valence-corrected chi connectivity index (χ2v) is 9.99.